The predicted molar refractivity (Wildman–Crippen MR) is 105 cm³/mol. The van der Waals surface area contributed by atoms with E-state index in [4.69, 9.17) is 33.7 Å². The Bertz CT molecular complexity index is 634. The first-order valence-corrected chi connectivity index (χ1v) is 9.67. The zero-order chi connectivity index (χ0) is 19.5. The van der Waals surface area contributed by atoms with E-state index >= 15 is 0 Å². The van der Waals surface area contributed by atoms with Gasteiger partial charge in [-0.25, -0.2) is 4.79 Å². The van der Waals surface area contributed by atoms with Crippen molar-refractivity contribution < 1.29 is 14.6 Å². The van der Waals surface area contributed by atoms with Crippen LogP contribution in [-0.4, -0.2) is 47.9 Å². The highest BCUT2D eigenvalue weighted by atomic mass is 35.5. The van der Waals surface area contributed by atoms with Crippen LogP contribution in [0.3, 0.4) is 0 Å². The number of carboxylic acid groups (broad SMARTS) is 1. The lowest BCUT2D eigenvalue weighted by molar-refractivity contribution is -0.0689. The van der Waals surface area contributed by atoms with Gasteiger partial charge in [0.15, 0.2) is 0 Å². The molecule has 1 aliphatic heterocycles. The van der Waals surface area contributed by atoms with Gasteiger partial charge in [0.2, 0.25) is 0 Å². The Hall–Kier alpha value is -1.01. The highest BCUT2D eigenvalue weighted by Crippen LogP contribution is 2.36. The lowest BCUT2D eigenvalue weighted by atomic mass is 9.88. The van der Waals surface area contributed by atoms with Crippen molar-refractivity contribution >= 4 is 29.3 Å². The van der Waals surface area contributed by atoms with Crippen molar-refractivity contribution in [2.75, 3.05) is 19.6 Å². The minimum Gasteiger partial charge on any atom is -0.465 e. The molecule has 1 aromatic rings. The number of carbonyl (C=O) groups is 1. The average Bonchev–Trinajstić information content (AvgIpc) is 2.75. The SMILES string of the molecule is CC(C)(C)C1CN(C(=O)O)CC(c2ccc(Cl)c(Cl)c2)C(CCCN)O1. The Morgan fingerprint density at radius 1 is 1.31 bits per heavy atom. The largest absolute Gasteiger partial charge is 0.465 e. The Kier molecular flexibility index (Phi) is 7.19. The first-order valence-electron chi connectivity index (χ1n) is 8.91. The van der Waals surface area contributed by atoms with Crippen molar-refractivity contribution in [3.63, 3.8) is 0 Å². The van der Waals surface area contributed by atoms with Crippen LogP contribution in [0.5, 0.6) is 0 Å². The van der Waals surface area contributed by atoms with Gasteiger partial charge >= 0.3 is 6.09 Å². The standard InChI is InChI=1S/C19H28Cl2N2O3/c1-19(2,3)17-11-23(18(24)25)10-13(16(26-17)5-4-8-22)12-6-7-14(20)15(21)9-12/h6-7,9,13,16-17H,4-5,8,10-11,22H2,1-3H3,(H,24,25). The summed E-state index contributed by atoms with van der Waals surface area (Å²) in [6, 6.07) is 5.45. The van der Waals surface area contributed by atoms with Crippen LogP contribution in [0.15, 0.2) is 18.2 Å². The van der Waals surface area contributed by atoms with Crippen LogP contribution >= 0.6 is 23.2 Å². The van der Waals surface area contributed by atoms with Crippen molar-refractivity contribution in [3.05, 3.63) is 33.8 Å². The van der Waals surface area contributed by atoms with E-state index in [1.165, 1.54) is 4.90 Å². The molecule has 146 valence electrons. The Morgan fingerprint density at radius 2 is 2.00 bits per heavy atom. The van der Waals surface area contributed by atoms with Gasteiger partial charge in [0, 0.05) is 12.5 Å². The highest BCUT2D eigenvalue weighted by molar-refractivity contribution is 6.42. The smallest absolute Gasteiger partial charge is 0.407 e. The third-order valence-corrected chi connectivity index (χ3v) is 5.63. The van der Waals surface area contributed by atoms with Crippen LogP contribution in [0.4, 0.5) is 4.79 Å². The maximum Gasteiger partial charge on any atom is 0.407 e. The molecule has 3 unspecified atom stereocenters. The molecule has 1 aromatic carbocycles. The molecule has 1 aliphatic rings. The lowest BCUT2D eigenvalue weighted by Gasteiger charge is -2.34. The molecule has 3 atom stereocenters. The normalized spacial score (nSPS) is 24.4. The number of rotatable bonds is 4. The second kappa shape index (κ2) is 8.79. The molecule has 1 amide bonds. The monoisotopic (exact) mass is 402 g/mol. The molecule has 26 heavy (non-hydrogen) atoms. The Balaban J connectivity index is 2.42. The maximum absolute atomic E-state index is 11.8. The first kappa shape index (κ1) is 21.3. The van der Waals surface area contributed by atoms with Crippen LogP contribution in [0.1, 0.15) is 45.1 Å². The number of amides is 1. The molecule has 1 saturated heterocycles. The molecular weight excluding hydrogens is 375 g/mol. The van der Waals surface area contributed by atoms with E-state index in [2.05, 4.69) is 20.8 Å². The summed E-state index contributed by atoms with van der Waals surface area (Å²) in [6.07, 6.45) is 0.305. The van der Waals surface area contributed by atoms with Crippen LogP contribution in [0.25, 0.3) is 0 Å². The van der Waals surface area contributed by atoms with E-state index in [9.17, 15) is 9.90 Å². The average molecular weight is 403 g/mol. The lowest BCUT2D eigenvalue weighted by Crippen LogP contribution is -2.42. The zero-order valence-electron chi connectivity index (χ0n) is 15.5. The molecule has 5 nitrogen and oxygen atoms in total. The fourth-order valence-corrected chi connectivity index (χ4v) is 3.57. The molecule has 1 fully saturated rings. The highest BCUT2D eigenvalue weighted by Gasteiger charge is 2.39. The number of benzene rings is 1. The van der Waals surface area contributed by atoms with E-state index in [-0.39, 0.29) is 23.5 Å². The topological polar surface area (TPSA) is 75.8 Å². The first-order chi connectivity index (χ1) is 12.1. The molecule has 7 heteroatoms. The van der Waals surface area contributed by atoms with E-state index in [0.717, 1.165) is 18.4 Å². The summed E-state index contributed by atoms with van der Waals surface area (Å²) in [5.41, 5.74) is 6.46. The molecule has 0 aliphatic carbocycles. The van der Waals surface area contributed by atoms with Gasteiger partial charge in [0.25, 0.3) is 0 Å². The fourth-order valence-electron chi connectivity index (χ4n) is 3.26. The van der Waals surface area contributed by atoms with Gasteiger partial charge in [0.05, 0.1) is 28.8 Å². The summed E-state index contributed by atoms with van der Waals surface area (Å²) in [6.45, 7) is 7.47. The zero-order valence-corrected chi connectivity index (χ0v) is 17.1. The van der Waals surface area contributed by atoms with Crippen molar-refractivity contribution in [1.82, 2.24) is 4.90 Å². The summed E-state index contributed by atoms with van der Waals surface area (Å²) >= 11 is 12.3. The van der Waals surface area contributed by atoms with Gasteiger partial charge in [-0.05, 0) is 42.5 Å². The summed E-state index contributed by atoms with van der Waals surface area (Å²) in [5.74, 6) is -0.125. The Labute approximate surface area is 165 Å². The van der Waals surface area contributed by atoms with E-state index in [1.807, 2.05) is 12.1 Å². The number of nitrogens with two attached hydrogens (primary N) is 1. The van der Waals surface area contributed by atoms with Gasteiger partial charge in [-0.1, -0.05) is 50.0 Å². The number of hydrogen-bond donors (Lipinski definition) is 2. The maximum atomic E-state index is 11.8. The van der Waals surface area contributed by atoms with Crippen LogP contribution in [0, 0.1) is 5.41 Å². The molecule has 0 radical (unpaired) electrons. The summed E-state index contributed by atoms with van der Waals surface area (Å²) in [7, 11) is 0. The van der Waals surface area contributed by atoms with Crippen LogP contribution in [0.2, 0.25) is 10.0 Å². The molecule has 0 aromatic heterocycles. The van der Waals surface area contributed by atoms with Gasteiger partial charge < -0.3 is 20.5 Å². The molecular formula is C19H28Cl2N2O3. The van der Waals surface area contributed by atoms with Crippen LogP contribution in [-0.2, 0) is 4.74 Å². The number of nitrogens with zero attached hydrogens (tertiary/aromatic N) is 1. The summed E-state index contributed by atoms with van der Waals surface area (Å²) in [4.78, 5) is 13.3. The van der Waals surface area contributed by atoms with Gasteiger partial charge in [0.1, 0.15) is 0 Å². The number of ether oxygens (including phenoxy) is 1. The third-order valence-electron chi connectivity index (χ3n) is 4.89. The second-order valence-electron chi connectivity index (χ2n) is 7.93. The van der Waals surface area contributed by atoms with E-state index in [1.54, 1.807) is 6.07 Å². The van der Waals surface area contributed by atoms with Crippen molar-refractivity contribution in [2.24, 2.45) is 11.1 Å². The van der Waals surface area contributed by atoms with E-state index < -0.39 is 6.09 Å². The molecule has 0 spiro atoms. The van der Waals surface area contributed by atoms with Crippen molar-refractivity contribution in [1.29, 1.82) is 0 Å². The van der Waals surface area contributed by atoms with Gasteiger partial charge in [-0.3, -0.25) is 0 Å². The quantitative estimate of drug-likeness (QED) is 0.770. The molecule has 0 saturated carbocycles. The fraction of sp³-hybridized carbons (Fsp3) is 0.632. The molecule has 3 N–H and O–H groups in total. The van der Waals surface area contributed by atoms with Crippen LogP contribution < -0.4 is 5.73 Å². The molecule has 1 heterocycles. The number of halogens is 2. The molecule has 0 bridgehead atoms. The third kappa shape index (κ3) is 5.26. The van der Waals surface area contributed by atoms with Crippen molar-refractivity contribution in [2.45, 2.75) is 51.7 Å². The summed E-state index contributed by atoms with van der Waals surface area (Å²) < 4.78 is 6.46. The van der Waals surface area contributed by atoms with Gasteiger partial charge in [-0.2, -0.15) is 0 Å². The summed E-state index contributed by atoms with van der Waals surface area (Å²) in [5, 5.41) is 10.6. The van der Waals surface area contributed by atoms with Crippen molar-refractivity contribution in [3.8, 4) is 0 Å². The Morgan fingerprint density at radius 3 is 2.54 bits per heavy atom. The molecule has 2 rings (SSSR count). The second-order valence-corrected chi connectivity index (χ2v) is 8.74. The number of hydrogen-bond acceptors (Lipinski definition) is 3. The minimum absolute atomic E-state index is 0.125. The predicted octanol–water partition coefficient (Wildman–Crippen LogP) is 4.61. The van der Waals surface area contributed by atoms with E-state index in [0.29, 0.717) is 29.7 Å². The minimum atomic E-state index is -0.938. The van der Waals surface area contributed by atoms with Gasteiger partial charge in [-0.15, -0.1) is 0 Å².